The van der Waals surface area contributed by atoms with E-state index in [1.54, 1.807) is 11.0 Å². The van der Waals surface area contributed by atoms with Gasteiger partial charge in [0.2, 0.25) is 0 Å². The highest BCUT2D eigenvalue weighted by Crippen LogP contribution is 2.12. The van der Waals surface area contributed by atoms with Crippen LogP contribution in [0.15, 0.2) is 5.51 Å². The topological polar surface area (TPSA) is 62.2 Å². The van der Waals surface area contributed by atoms with Crippen LogP contribution >= 0.6 is 11.3 Å². The largest absolute Gasteiger partial charge is 0.288 e. The van der Waals surface area contributed by atoms with Gasteiger partial charge in [0.1, 0.15) is 4.88 Å². The van der Waals surface area contributed by atoms with Gasteiger partial charge >= 0.3 is 0 Å². The number of carbonyl (C=O) groups is 1. The third-order valence-electron chi connectivity index (χ3n) is 1.28. The lowest BCUT2D eigenvalue weighted by Gasteiger charge is -1.95. The summed E-state index contributed by atoms with van der Waals surface area (Å²) in [6, 6.07) is 0. The molecule has 0 atom stereocenters. The van der Waals surface area contributed by atoms with E-state index in [1.807, 2.05) is 6.92 Å². The minimum atomic E-state index is -0.482. The van der Waals surface area contributed by atoms with Crippen molar-refractivity contribution in [2.45, 2.75) is 13.3 Å². The van der Waals surface area contributed by atoms with Crippen molar-refractivity contribution in [2.24, 2.45) is 0 Å². The van der Waals surface area contributed by atoms with E-state index in [0.717, 1.165) is 5.69 Å². The third kappa shape index (κ3) is 1.55. The summed E-state index contributed by atoms with van der Waals surface area (Å²) in [7, 11) is 0. The van der Waals surface area contributed by atoms with Crippen LogP contribution in [0.4, 0.5) is 0 Å². The Morgan fingerprint density at radius 3 is 3.18 bits per heavy atom. The maximum Gasteiger partial charge on any atom is 0.286 e. The first-order valence-electron chi connectivity index (χ1n) is 3.16. The number of hydroxylamine groups is 1. The number of thiazole rings is 1. The molecule has 5 heteroatoms. The average molecular weight is 172 g/mol. The normalized spacial score (nSPS) is 9.64. The van der Waals surface area contributed by atoms with Gasteiger partial charge < -0.3 is 0 Å². The van der Waals surface area contributed by atoms with Crippen LogP contribution in [-0.2, 0) is 6.42 Å². The zero-order valence-corrected chi connectivity index (χ0v) is 6.81. The summed E-state index contributed by atoms with van der Waals surface area (Å²) in [6.07, 6.45) is 0.701. The van der Waals surface area contributed by atoms with Crippen molar-refractivity contribution in [1.82, 2.24) is 10.5 Å². The minimum Gasteiger partial charge on any atom is -0.288 e. The third-order valence-corrected chi connectivity index (χ3v) is 2.15. The monoisotopic (exact) mass is 172 g/mol. The van der Waals surface area contributed by atoms with E-state index in [4.69, 9.17) is 5.21 Å². The molecule has 4 nitrogen and oxygen atoms in total. The van der Waals surface area contributed by atoms with Crippen molar-refractivity contribution in [2.75, 3.05) is 0 Å². The maximum atomic E-state index is 10.9. The van der Waals surface area contributed by atoms with Crippen LogP contribution in [-0.4, -0.2) is 16.1 Å². The molecule has 0 aliphatic rings. The van der Waals surface area contributed by atoms with Crippen LogP contribution in [0.25, 0.3) is 0 Å². The first kappa shape index (κ1) is 8.16. The minimum absolute atomic E-state index is 0.481. The molecule has 0 aliphatic heterocycles. The highest BCUT2D eigenvalue weighted by atomic mass is 32.1. The summed E-state index contributed by atoms with van der Waals surface area (Å²) in [4.78, 5) is 15.3. The fourth-order valence-electron chi connectivity index (χ4n) is 0.757. The van der Waals surface area contributed by atoms with E-state index in [2.05, 4.69) is 4.98 Å². The molecule has 0 fully saturated rings. The maximum absolute atomic E-state index is 10.9. The van der Waals surface area contributed by atoms with Crippen molar-refractivity contribution in [3.63, 3.8) is 0 Å². The van der Waals surface area contributed by atoms with Crippen molar-refractivity contribution < 1.29 is 10.0 Å². The van der Waals surface area contributed by atoms with Gasteiger partial charge in [0, 0.05) is 0 Å². The smallest absolute Gasteiger partial charge is 0.286 e. The number of nitrogens with one attached hydrogen (secondary N) is 1. The Kier molecular flexibility index (Phi) is 2.56. The van der Waals surface area contributed by atoms with Crippen LogP contribution in [0.3, 0.4) is 0 Å². The Bertz CT molecular complexity index is 259. The molecule has 2 N–H and O–H groups in total. The standard InChI is InChI=1S/C6H8N2O2S/c1-2-4-5(6(9)8-10)11-3-7-4/h3,10H,2H2,1H3,(H,8,9). The first-order valence-corrected chi connectivity index (χ1v) is 4.04. The number of carbonyl (C=O) groups excluding carboxylic acids is 1. The van der Waals surface area contributed by atoms with Gasteiger partial charge in [0.25, 0.3) is 5.91 Å². The SMILES string of the molecule is CCc1ncsc1C(=O)NO. The van der Waals surface area contributed by atoms with E-state index < -0.39 is 5.91 Å². The second kappa shape index (κ2) is 3.45. The molecule has 0 spiro atoms. The van der Waals surface area contributed by atoms with E-state index in [0.29, 0.717) is 11.3 Å². The molecule has 0 saturated carbocycles. The molecule has 1 aromatic rings. The van der Waals surface area contributed by atoms with Gasteiger partial charge in [-0.3, -0.25) is 10.0 Å². The van der Waals surface area contributed by atoms with E-state index in [1.165, 1.54) is 11.3 Å². The lowest BCUT2D eigenvalue weighted by Crippen LogP contribution is -2.18. The Balaban J connectivity index is 2.92. The number of hydrogen-bond acceptors (Lipinski definition) is 4. The van der Waals surface area contributed by atoms with Crippen LogP contribution < -0.4 is 5.48 Å². The number of amides is 1. The molecule has 60 valence electrons. The summed E-state index contributed by atoms with van der Waals surface area (Å²) in [5.41, 5.74) is 3.88. The molecule has 0 aromatic carbocycles. The summed E-state index contributed by atoms with van der Waals surface area (Å²) < 4.78 is 0. The second-order valence-electron chi connectivity index (χ2n) is 1.92. The molecule has 0 bridgehead atoms. The van der Waals surface area contributed by atoms with Gasteiger partial charge in [-0.05, 0) is 6.42 Å². The number of hydrogen-bond donors (Lipinski definition) is 2. The average Bonchev–Trinajstić information content (AvgIpc) is 2.50. The lowest BCUT2D eigenvalue weighted by atomic mass is 10.3. The van der Waals surface area contributed by atoms with Gasteiger partial charge in [-0.1, -0.05) is 6.92 Å². The second-order valence-corrected chi connectivity index (χ2v) is 2.78. The number of aromatic nitrogens is 1. The Morgan fingerprint density at radius 1 is 1.91 bits per heavy atom. The zero-order valence-electron chi connectivity index (χ0n) is 6.00. The summed E-state index contributed by atoms with van der Waals surface area (Å²) in [6.45, 7) is 1.91. The van der Waals surface area contributed by atoms with Gasteiger partial charge in [-0.25, -0.2) is 10.5 Å². The van der Waals surface area contributed by atoms with Crippen LogP contribution in [0.5, 0.6) is 0 Å². The first-order chi connectivity index (χ1) is 5.29. The molecule has 1 amide bonds. The van der Waals surface area contributed by atoms with Gasteiger partial charge in [-0.15, -0.1) is 11.3 Å². The van der Waals surface area contributed by atoms with Crippen LogP contribution in [0.1, 0.15) is 22.3 Å². The molecule has 1 aromatic heterocycles. The van der Waals surface area contributed by atoms with Crippen LogP contribution in [0, 0.1) is 0 Å². The van der Waals surface area contributed by atoms with E-state index in [-0.39, 0.29) is 0 Å². The summed E-state index contributed by atoms with van der Waals surface area (Å²) >= 11 is 1.22. The van der Waals surface area contributed by atoms with Gasteiger partial charge in [0.05, 0.1) is 11.2 Å². The summed E-state index contributed by atoms with van der Waals surface area (Å²) in [5, 5.41) is 8.31. The predicted molar refractivity (Wildman–Crippen MR) is 40.7 cm³/mol. The fourth-order valence-corrected chi connectivity index (χ4v) is 1.53. The Morgan fingerprint density at radius 2 is 2.64 bits per heavy atom. The number of aryl methyl sites for hydroxylation is 1. The Hall–Kier alpha value is -0.940. The van der Waals surface area contributed by atoms with Crippen molar-refractivity contribution in [3.05, 3.63) is 16.1 Å². The van der Waals surface area contributed by atoms with Crippen molar-refractivity contribution in [3.8, 4) is 0 Å². The van der Waals surface area contributed by atoms with E-state index in [9.17, 15) is 4.79 Å². The van der Waals surface area contributed by atoms with Crippen molar-refractivity contribution >= 4 is 17.2 Å². The van der Waals surface area contributed by atoms with Crippen LogP contribution in [0.2, 0.25) is 0 Å². The van der Waals surface area contributed by atoms with Gasteiger partial charge in [-0.2, -0.15) is 0 Å². The molecule has 0 radical (unpaired) electrons. The predicted octanol–water partition coefficient (Wildman–Crippen LogP) is 0.825. The molecule has 0 aliphatic carbocycles. The number of rotatable bonds is 2. The van der Waals surface area contributed by atoms with E-state index >= 15 is 0 Å². The Labute approximate surface area is 67.8 Å². The quantitative estimate of drug-likeness (QED) is 0.513. The molecular formula is C6H8N2O2S. The molecular weight excluding hydrogens is 164 g/mol. The number of nitrogens with zero attached hydrogens (tertiary/aromatic N) is 1. The highest BCUT2D eigenvalue weighted by Gasteiger charge is 2.11. The fraction of sp³-hybridized carbons (Fsp3) is 0.333. The van der Waals surface area contributed by atoms with Crippen molar-refractivity contribution in [1.29, 1.82) is 0 Å². The molecule has 0 saturated heterocycles. The molecule has 0 unspecified atom stereocenters. The molecule has 11 heavy (non-hydrogen) atoms. The molecule has 1 rings (SSSR count). The highest BCUT2D eigenvalue weighted by molar-refractivity contribution is 7.11. The summed E-state index contributed by atoms with van der Waals surface area (Å²) in [5.74, 6) is -0.482. The van der Waals surface area contributed by atoms with Gasteiger partial charge in [0.15, 0.2) is 0 Å². The molecule has 1 heterocycles. The zero-order chi connectivity index (χ0) is 8.27. The lowest BCUT2D eigenvalue weighted by molar-refractivity contribution is 0.0709.